The molecule has 2 aromatic rings. The molecule has 1 aliphatic heterocycles. The van der Waals surface area contributed by atoms with E-state index in [4.69, 9.17) is 5.10 Å². The van der Waals surface area contributed by atoms with Crippen molar-refractivity contribution in [2.45, 2.75) is 44.6 Å². The van der Waals surface area contributed by atoms with Crippen LogP contribution in [0.3, 0.4) is 0 Å². The molecule has 0 unspecified atom stereocenters. The molecule has 5 nitrogen and oxygen atoms in total. The topological polar surface area (TPSA) is 41.4 Å². The Morgan fingerprint density at radius 3 is 2.75 bits per heavy atom. The van der Waals surface area contributed by atoms with Gasteiger partial charge in [-0.3, -0.25) is 9.48 Å². The zero-order valence-electron chi connectivity index (χ0n) is 17.6. The number of carbonyl (C=O) groups is 1. The van der Waals surface area contributed by atoms with Crippen molar-refractivity contribution in [3.05, 3.63) is 53.1 Å². The molecule has 0 saturated carbocycles. The number of hydrogen-bond acceptors (Lipinski definition) is 3. The lowest BCUT2D eigenvalue weighted by Crippen LogP contribution is -2.47. The smallest absolute Gasteiger partial charge is 0.232 e. The third-order valence-electron chi connectivity index (χ3n) is 5.68. The second-order valence-electron chi connectivity index (χ2n) is 8.65. The molecule has 0 aliphatic carbocycles. The summed E-state index contributed by atoms with van der Waals surface area (Å²) in [6.07, 6.45) is 1.98. The van der Waals surface area contributed by atoms with Crippen molar-refractivity contribution in [2.75, 3.05) is 27.2 Å². The van der Waals surface area contributed by atoms with Crippen LogP contribution in [0.1, 0.15) is 49.6 Å². The number of rotatable bonds is 5. The van der Waals surface area contributed by atoms with Gasteiger partial charge in [0.05, 0.1) is 16.8 Å². The highest BCUT2D eigenvalue weighted by Gasteiger charge is 2.36. The fraction of sp³-hybridized carbons (Fsp3) is 0.545. The summed E-state index contributed by atoms with van der Waals surface area (Å²) in [5, 5.41) is 4.72. The highest BCUT2D eigenvalue weighted by Crippen LogP contribution is 2.32. The average Bonchev–Trinajstić information content (AvgIpc) is 3.01. The molecular formula is C22H31FN4O. The second-order valence-corrected chi connectivity index (χ2v) is 8.65. The largest absolute Gasteiger partial charge is 0.341 e. The van der Waals surface area contributed by atoms with Crippen LogP contribution in [-0.4, -0.2) is 52.7 Å². The van der Waals surface area contributed by atoms with Gasteiger partial charge in [-0.25, -0.2) is 4.39 Å². The zero-order chi connectivity index (χ0) is 20.5. The fourth-order valence-corrected chi connectivity index (χ4v) is 4.00. The quantitative estimate of drug-likeness (QED) is 0.792. The lowest BCUT2D eigenvalue weighted by atomic mass is 9.82. The van der Waals surface area contributed by atoms with Gasteiger partial charge in [-0.2, -0.15) is 5.10 Å². The maximum Gasteiger partial charge on any atom is 0.232 e. The first kappa shape index (κ1) is 20.5. The van der Waals surface area contributed by atoms with Crippen LogP contribution < -0.4 is 0 Å². The molecule has 0 radical (unpaired) electrons. The third kappa shape index (κ3) is 4.27. The van der Waals surface area contributed by atoms with Gasteiger partial charge in [0.15, 0.2) is 0 Å². The number of piperidine rings is 1. The summed E-state index contributed by atoms with van der Waals surface area (Å²) in [4.78, 5) is 17.4. The Morgan fingerprint density at radius 2 is 2.07 bits per heavy atom. The van der Waals surface area contributed by atoms with E-state index < -0.39 is 5.41 Å². The van der Waals surface area contributed by atoms with Gasteiger partial charge in [-0.15, -0.1) is 0 Å². The van der Waals surface area contributed by atoms with E-state index in [-0.39, 0.29) is 17.6 Å². The number of aromatic nitrogens is 2. The number of aryl methyl sites for hydroxylation is 1. The Morgan fingerprint density at radius 1 is 1.32 bits per heavy atom. The molecule has 28 heavy (non-hydrogen) atoms. The summed E-state index contributed by atoms with van der Waals surface area (Å²) in [5.41, 5.74) is 2.18. The first-order valence-corrected chi connectivity index (χ1v) is 9.91. The van der Waals surface area contributed by atoms with E-state index >= 15 is 0 Å². The SMILES string of the molecule is CN(C)Cc1cc([C@H]2CCCN(C(=O)C(C)(C)c3cccc(F)c3)C2)nn1C. The minimum absolute atomic E-state index is 0.0484. The number of amides is 1. The van der Waals surface area contributed by atoms with E-state index in [9.17, 15) is 9.18 Å². The van der Waals surface area contributed by atoms with Gasteiger partial charge in [0.1, 0.15) is 5.82 Å². The van der Waals surface area contributed by atoms with Crippen molar-refractivity contribution < 1.29 is 9.18 Å². The van der Waals surface area contributed by atoms with Crippen LogP contribution >= 0.6 is 0 Å². The summed E-state index contributed by atoms with van der Waals surface area (Å²) in [6.45, 7) is 6.00. The maximum atomic E-state index is 13.7. The van der Waals surface area contributed by atoms with E-state index in [0.29, 0.717) is 12.1 Å². The summed E-state index contributed by atoms with van der Waals surface area (Å²) >= 11 is 0. The molecule has 2 heterocycles. The van der Waals surface area contributed by atoms with Crippen LogP contribution in [0.4, 0.5) is 4.39 Å². The van der Waals surface area contributed by atoms with Gasteiger partial charge in [0.2, 0.25) is 5.91 Å². The Balaban J connectivity index is 1.76. The first-order valence-electron chi connectivity index (χ1n) is 9.91. The monoisotopic (exact) mass is 386 g/mol. The van der Waals surface area contributed by atoms with Crippen molar-refractivity contribution in [1.29, 1.82) is 0 Å². The van der Waals surface area contributed by atoms with Gasteiger partial charge < -0.3 is 9.80 Å². The Hall–Kier alpha value is -2.21. The van der Waals surface area contributed by atoms with E-state index in [1.165, 1.54) is 17.8 Å². The van der Waals surface area contributed by atoms with Crippen LogP contribution in [-0.2, 0) is 23.8 Å². The minimum Gasteiger partial charge on any atom is -0.341 e. The number of nitrogens with zero attached hydrogens (tertiary/aromatic N) is 4. The maximum absolute atomic E-state index is 13.7. The van der Waals surface area contributed by atoms with Crippen molar-refractivity contribution in [3.8, 4) is 0 Å². The molecule has 0 N–H and O–H groups in total. The molecular weight excluding hydrogens is 355 g/mol. The summed E-state index contributed by atoms with van der Waals surface area (Å²) in [7, 11) is 6.06. The van der Waals surface area contributed by atoms with Gasteiger partial charge >= 0.3 is 0 Å². The minimum atomic E-state index is -0.760. The lowest BCUT2D eigenvalue weighted by molar-refractivity contribution is -0.137. The zero-order valence-corrected chi connectivity index (χ0v) is 17.6. The number of likely N-dealkylation sites (tertiary alicyclic amines) is 1. The molecule has 1 atom stereocenters. The van der Waals surface area contributed by atoms with Crippen LogP contribution in [0.25, 0.3) is 0 Å². The molecule has 1 aliphatic rings. The fourth-order valence-electron chi connectivity index (χ4n) is 4.00. The number of halogens is 1. The van der Waals surface area contributed by atoms with E-state index in [1.807, 2.05) is 50.6 Å². The Kier molecular flexibility index (Phi) is 5.89. The Labute approximate surface area is 167 Å². The van der Waals surface area contributed by atoms with Crippen LogP contribution in [0.15, 0.2) is 30.3 Å². The molecule has 6 heteroatoms. The molecule has 1 fully saturated rings. The lowest BCUT2D eigenvalue weighted by Gasteiger charge is -2.37. The van der Waals surface area contributed by atoms with Crippen molar-refractivity contribution in [1.82, 2.24) is 19.6 Å². The molecule has 3 rings (SSSR count). The first-order chi connectivity index (χ1) is 13.2. The highest BCUT2D eigenvalue weighted by atomic mass is 19.1. The molecule has 0 spiro atoms. The van der Waals surface area contributed by atoms with Crippen LogP contribution in [0.5, 0.6) is 0 Å². The predicted octanol–water partition coefficient (Wildman–Crippen LogP) is 3.30. The van der Waals surface area contributed by atoms with Gasteiger partial charge in [-0.1, -0.05) is 12.1 Å². The van der Waals surface area contributed by atoms with Crippen LogP contribution in [0, 0.1) is 5.82 Å². The molecule has 1 aromatic heterocycles. The summed E-state index contributed by atoms with van der Waals surface area (Å²) in [5.74, 6) is -0.0211. The van der Waals surface area contributed by atoms with Crippen LogP contribution in [0.2, 0.25) is 0 Å². The summed E-state index contributed by atoms with van der Waals surface area (Å²) < 4.78 is 15.6. The van der Waals surface area contributed by atoms with Crippen molar-refractivity contribution in [3.63, 3.8) is 0 Å². The van der Waals surface area contributed by atoms with Crippen molar-refractivity contribution in [2.24, 2.45) is 7.05 Å². The van der Waals surface area contributed by atoms with E-state index in [0.717, 1.165) is 31.6 Å². The average molecular weight is 387 g/mol. The van der Waals surface area contributed by atoms with Gasteiger partial charge in [0, 0.05) is 32.6 Å². The number of carbonyl (C=O) groups excluding carboxylic acids is 1. The van der Waals surface area contributed by atoms with Gasteiger partial charge in [0.25, 0.3) is 0 Å². The van der Waals surface area contributed by atoms with E-state index in [2.05, 4.69) is 11.0 Å². The molecule has 152 valence electrons. The third-order valence-corrected chi connectivity index (χ3v) is 5.68. The molecule has 0 bridgehead atoms. The standard InChI is InChI=1S/C22H31FN4O/c1-22(2,17-9-6-10-18(23)12-17)21(28)27-11-7-8-16(14-27)20-13-19(15-25(3)4)26(5)24-20/h6,9-10,12-13,16H,7-8,11,14-15H2,1-5H3/t16-/m0/s1. The van der Waals surface area contributed by atoms with Gasteiger partial charge in [-0.05, 0) is 64.5 Å². The van der Waals surface area contributed by atoms with Crippen molar-refractivity contribution >= 4 is 5.91 Å². The summed E-state index contributed by atoms with van der Waals surface area (Å²) in [6, 6.07) is 8.53. The highest BCUT2D eigenvalue weighted by molar-refractivity contribution is 5.87. The number of hydrogen-bond donors (Lipinski definition) is 0. The Bertz CT molecular complexity index is 843. The second kappa shape index (κ2) is 8.03. The molecule has 1 saturated heterocycles. The molecule has 1 aromatic carbocycles. The predicted molar refractivity (Wildman–Crippen MR) is 109 cm³/mol. The number of benzene rings is 1. The molecule has 1 amide bonds. The normalized spacial score (nSPS) is 18.0. The van der Waals surface area contributed by atoms with E-state index in [1.54, 1.807) is 6.07 Å².